The van der Waals surface area contributed by atoms with E-state index < -0.39 is 5.97 Å². The number of amides is 1. The van der Waals surface area contributed by atoms with Gasteiger partial charge in [-0.05, 0) is 35.9 Å². The highest BCUT2D eigenvalue weighted by Crippen LogP contribution is 2.16. The summed E-state index contributed by atoms with van der Waals surface area (Å²) in [6, 6.07) is 13.5. The lowest BCUT2D eigenvalue weighted by molar-refractivity contribution is -0.114. The third-order valence-electron chi connectivity index (χ3n) is 2.81. The summed E-state index contributed by atoms with van der Waals surface area (Å²) in [4.78, 5) is 21.8. The standard InChI is InChI=1S/C16H15N3O3/c1-11(20)18-14-7-5-12(6-8-14)10-17-19-15-4-2-3-13(9-15)16(21)22/h2-9H,10H2,1H3,(H,18,20)(H,21,22). The number of nitrogens with zero attached hydrogens (tertiary/aromatic N) is 2. The molecule has 0 aliphatic rings. The molecule has 0 aliphatic carbocycles. The molecular formula is C16H15N3O3. The van der Waals surface area contributed by atoms with Crippen molar-refractivity contribution in [3.63, 3.8) is 0 Å². The van der Waals surface area contributed by atoms with Gasteiger partial charge in [-0.2, -0.15) is 10.2 Å². The first kappa shape index (κ1) is 15.4. The van der Waals surface area contributed by atoms with Crippen LogP contribution in [0.15, 0.2) is 58.8 Å². The Bertz CT molecular complexity index is 709. The molecule has 1 amide bonds. The number of nitrogens with one attached hydrogen (secondary N) is 1. The number of azo groups is 1. The summed E-state index contributed by atoms with van der Waals surface area (Å²) >= 11 is 0. The highest BCUT2D eigenvalue weighted by Gasteiger charge is 2.02. The molecule has 0 bridgehead atoms. The lowest BCUT2D eigenvalue weighted by Crippen LogP contribution is -2.05. The molecule has 0 heterocycles. The molecule has 0 fully saturated rings. The number of hydrogen-bond donors (Lipinski definition) is 2. The maximum absolute atomic E-state index is 10.9. The predicted molar refractivity (Wildman–Crippen MR) is 82.4 cm³/mol. The summed E-state index contributed by atoms with van der Waals surface area (Å²) in [5.74, 6) is -1.11. The number of aromatic carboxylic acids is 1. The predicted octanol–water partition coefficient (Wildman–Crippen LogP) is 3.63. The van der Waals surface area contributed by atoms with Gasteiger partial charge in [-0.15, -0.1) is 0 Å². The van der Waals surface area contributed by atoms with Crippen LogP contribution in [0, 0.1) is 0 Å². The van der Waals surface area contributed by atoms with Crippen LogP contribution < -0.4 is 5.32 Å². The first-order valence-electron chi connectivity index (χ1n) is 6.62. The Morgan fingerprint density at radius 1 is 1.14 bits per heavy atom. The Hall–Kier alpha value is -3.02. The summed E-state index contributed by atoms with van der Waals surface area (Å²) in [6.07, 6.45) is 0. The minimum Gasteiger partial charge on any atom is -0.478 e. The fraction of sp³-hybridized carbons (Fsp3) is 0.125. The zero-order chi connectivity index (χ0) is 15.9. The second-order valence-corrected chi connectivity index (χ2v) is 4.63. The number of hydrogen-bond acceptors (Lipinski definition) is 4. The number of carboxylic acids is 1. The third kappa shape index (κ3) is 4.52. The van der Waals surface area contributed by atoms with E-state index in [1.54, 1.807) is 24.3 Å². The molecule has 2 aromatic rings. The number of benzene rings is 2. The molecule has 0 atom stereocenters. The van der Waals surface area contributed by atoms with Crippen LogP contribution in [-0.4, -0.2) is 17.0 Å². The van der Waals surface area contributed by atoms with Crippen molar-refractivity contribution >= 4 is 23.3 Å². The Kier molecular flexibility index (Phi) is 4.98. The van der Waals surface area contributed by atoms with Crippen LogP contribution in [0.2, 0.25) is 0 Å². The molecule has 2 rings (SSSR count). The van der Waals surface area contributed by atoms with Crippen molar-refractivity contribution in [3.05, 3.63) is 59.7 Å². The van der Waals surface area contributed by atoms with Crippen LogP contribution in [-0.2, 0) is 11.3 Å². The molecule has 6 nitrogen and oxygen atoms in total. The monoisotopic (exact) mass is 297 g/mol. The maximum atomic E-state index is 10.9. The smallest absolute Gasteiger partial charge is 0.335 e. The molecule has 0 aliphatic heterocycles. The van der Waals surface area contributed by atoms with Gasteiger partial charge in [0.1, 0.15) is 0 Å². The van der Waals surface area contributed by atoms with E-state index in [1.165, 1.54) is 19.1 Å². The average molecular weight is 297 g/mol. The highest BCUT2D eigenvalue weighted by molar-refractivity contribution is 5.89. The Balaban J connectivity index is 1.98. The molecule has 2 N–H and O–H groups in total. The van der Waals surface area contributed by atoms with Crippen molar-refractivity contribution in [3.8, 4) is 0 Å². The van der Waals surface area contributed by atoms with E-state index in [2.05, 4.69) is 15.5 Å². The van der Waals surface area contributed by atoms with Gasteiger partial charge in [0, 0.05) is 12.6 Å². The third-order valence-corrected chi connectivity index (χ3v) is 2.81. The van der Waals surface area contributed by atoms with Crippen molar-refractivity contribution < 1.29 is 14.7 Å². The van der Waals surface area contributed by atoms with Gasteiger partial charge in [-0.3, -0.25) is 4.79 Å². The quantitative estimate of drug-likeness (QED) is 0.825. The summed E-state index contributed by atoms with van der Waals surface area (Å²) in [5.41, 5.74) is 2.33. The van der Waals surface area contributed by atoms with Gasteiger partial charge >= 0.3 is 5.97 Å². The zero-order valence-electron chi connectivity index (χ0n) is 12.0. The number of rotatable bonds is 5. The maximum Gasteiger partial charge on any atom is 0.335 e. The van der Waals surface area contributed by atoms with Crippen molar-refractivity contribution in [1.29, 1.82) is 0 Å². The molecule has 0 radical (unpaired) electrons. The van der Waals surface area contributed by atoms with Gasteiger partial charge in [0.2, 0.25) is 5.91 Å². The number of carboxylic acid groups (broad SMARTS) is 1. The molecule has 6 heteroatoms. The van der Waals surface area contributed by atoms with Crippen LogP contribution in [0.5, 0.6) is 0 Å². The zero-order valence-corrected chi connectivity index (χ0v) is 12.0. The molecule has 0 aromatic heterocycles. The number of anilines is 1. The van der Waals surface area contributed by atoms with Gasteiger partial charge < -0.3 is 10.4 Å². The molecule has 0 unspecified atom stereocenters. The number of carbonyl (C=O) groups is 2. The van der Waals surface area contributed by atoms with Crippen LogP contribution in [0.25, 0.3) is 0 Å². The Morgan fingerprint density at radius 3 is 2.50 bits per heavy atom. The Labute approximate surface area is 127 Å². The SMILES string of the molecule is CC(=O)Nc1ccc(CN=Nc2cccc(C(=O)O)c2)cc1. The highest BCUT2D eigenvalue weighted by atomic mass is 16.4. The molecule has 22 heavy (non-hydrogen) atoms. The van der Waals surface area contributed by atoms with Crippen molar-refractivity contribution in [1.82, 2.24) is 0 Å². The topological polar surface area (TPSA) is 91.1 Å². The van der Waals surface area contributed by atoms with Gasteiger partial charge in [0.15, 0.2) is 0 Å². The van der Waals surface area contributed by atoms with Gasteiger partial charge in [0.05, 0.1) is 17.8 Å². The van der Waals surface area contributed by atoms with E-state index in [1.807, 2.05) is 12.1 Å². The van der Waals surface area contributed by atoms with E-state index >= 15 is 0 Å². The molecule has 0 saturated carbocycles. The van der Waals surface area contributed by atoms with Crippen LogP contribution in [0.1, 0.15) is 22.8 Å². The fourth-order valence-corrected chi connectivity index (χ4v) is 1.80. The van der Waals surface area contributed by atoms with Gasteiger partial charge in [0.25, 0.3) is 0 Å². The molecular weight excluding hydrogens is 282 g/mol. The van der Waals surface area contributed by atoms with Crippen LogP contribution >= 0.6 is 0 Å². The largest absolute Gasteiger partial charge is 0.478 e. The molecule has 2 aromatic carbocycles. The van der Waals surface area contributed by atoms with Gasteiger partial charge in [-0.1, -0.05) is 18.2 Å². The van der Waals surface area contributed by atoms with E-state index in [0.717, 1.165) is 11.3 Å². The summed E-state index contributed by atoms with van der Waals surface area (Å²) < 4.78 is 0. The van der Waals surface area contributed by atoms with Crippen molar-refractivity contribution in [2.45, 2.75) is 13.5 Å². The number of carbonyl (C=O) groups excluding carboxylic acids is 1. The molecule has 112 valence electrons. The minimum absolute atomic E-state index is 0.120. The van der Waals surface area contributed by atoms with E-state index in [0.29, 0.717) is 12.2 Å². The van der Waals surface area contributed by atoms with E-state index in [4.69, 9.17) is 5.11 Å². The van der Waals surface area contributed by atoms with E-state index in [-0.39, 0.29) is 11.5 Å². The summed E-state index contributed by atoms with van der Waals surface area (Å²) in [6.45, 7) is 1.82. The normalized spacial score (nSPS) is 10.6. The first-order chi connectivity index (χ1) is 10.5. The first-order valence-corrected chi connectivity index (χ1v) is 6.62. The molecule has 0 saturated heterocycles. The van der Waals surface area contributed by atoms with Crippen molar-refractivity contribution in [2.24, 2.45) is 10.2 Å². The Morgan fingerprint density at radius 2 is 1.86 bits per heavy atom. The summed E-state index contributed by atoms with van der Waals surface area (Å²) in [7, 11) is 0. The fourth-order valence-electron chi connectivity index (χ4n) is 1.80. The average Bonchev–Trinajstić information content (AvgIpc) is 2.49. The second-order valence-electron chi connectivity index (χ2n) is 4.63. The second kappa shape index (κ2) is 7.12. The van der Waals surface area contributed by atoms with Crippen LogP contribution in [0.4, 0.5) is 11.4 Å². The minimum atomic E-state index is -0.995. The van der Waals surface area contributed by atoms with Gasteiger partial charge in [-0.25, -0.2) is 4.79 Å². The molecule has 0 spiro atoms. The summed E-state index contributed by atoms with van der Waals surface area (Å²) in [5, 5.41) is 19.6. The van der Waals surface area contributed by atoms with Crippen LogP contribution in [0.3, 0.4) is 0 Å². The lowest BCUT2D eigenvalue weighted by Gasteiger charge is -2.02. The van der Waals surface area contributed by atoms with Crippen molar-refractivity contribution in [2.75, 3.05) is 5.32 Å². The van der Waals surface area contributed by atoms with E-state index in [9.17, 15) is 9.59 Å². The lowest BCUT2D eigenvalue weighted by atomic mass is 10.2.